The molecular weight excluding hydrogens is 349 g/mol. The maximum absolute atomic E-state index is 12.9. The van der Waals surface area contributed by atoms with Gasteiger partial charge in [-0.3, -0.25) is 19.3 Å². The normalized spacial score (nSPS) is 16.6. The topological polar surface area (TPSA) is 92.5 Å². The quantitative estimate of drug-likeness (QED) is 0.726. The highest BCUT2D eigenvalue weighted by Crippen LogP contribution is 2.19. The third-order valence-corrected chi connectivity index (χ3v) is 4.45. The van der Waals surface area contributed by atoms with Crippen LogP contribution in [0.5, 0.6) is 0 Å². The number of imide groups is 1. The fraction of sp³-hybridized carbons (Fsp3) is 0.250. The van der Waals surface area contributed by atoms with Crippen LogP contribution in [0, 0.1) is 5.82 Å². The number of carbonyl (C=O) groups excluding carboxylic acids is 3. The summed E-state index contributed by atoms with van der Waals surface area (Å²) in [6.07, 6.45) is 0.718. The molecule has 1 saturated heterocycles. The number of benzene rings is 2. The first-order chi connectivity index (χ1) is 12.9. The van der Waals surface area contributed by atoms with Crippen LogP contribution in [0.25, 0.3) is 0 Å². The number of nitrogens with two attached hydrogens (primary N) is 1. The van der Waals surface area contributed by atoms with Crippen molar-refractivity contribution in [2.24, 2.45) is 5.73 Å². The predicted molar refractivity (Wildman–Crippen MR) is 98.2 cm³/mol. The van der Waals surface area contributed by atoms with Gasteiger partial charge in [0.2, 0.25) is 11.8 Å². The molecule has 1 fully saturated rings. The summed E-state index contributed by atoms with van der Waals surface area (Å²) in [5.74, 6) is -1.24. The Kier molecular flexibility index (Phi) is 5.49. The summed E-state index contributed by atoms with van der Waals surface area (Å²) in [7, 11) is 0. The van der Waals surface area contributed by atoms with Crippen molar-refractivity contribution in [3.05, 3.63) is 65.5 Å². The minimum Gasteiger partial charge on any atom is -0.373 e. The van der Waals surface area contributed by atoms with Gasteiger partial charge >= 0.3 is 0 Å². The lowest BCUT2D eigenvalue weighted by atomic mass is 10.1. The second-order valence-electron chi connectivity index (χ2n) is 6.50. The molecule has 7 heteroatoms. The lowest BCUT2D eigenvalue weighted by molar-refractivity contribution is -0.138. The Hall–Kier alpha value is -3.22. The Morgan fingerprint density at radius 3 is 2.33 bits per heavy atom. The minimum absolute atomic E-state index is 0.0886. The van der Waals surface area contributed by atoms with E-state index < -0.39 is 11.9 Å². The van der Waals surface area contributed by atoms with Gasteiger partial charge in [-0.15, -0.1) is 0 Å². The van der Waals surface area contributed by atoms with Crippen molar-refractivity contribution >= 4 is 23.4 Å². The highest BCUT2D eigenvalue weighted by molar-refractivity contribution is 6.06. The van der Waals surface area contributed by atoms with E-state index in [9.17, 15) is 18.8 Å². The van der Waals surface area contributed by atoms with Crippen molar-refractivity contribution in [3.63, 3.8) is 0 Å². The molecule has 0 radical (unpaired) electrons. The van der Waals surface area contributed by atoms with Gasteiger partial charge in [-0.25, -0.2) is 4.39 Å². The van der Waals surface area contributed by atoms with E-state index in [0.717, 1.165) is 11.1 Å². The van der Waals surface area contributed by atoms with Crippen LogP contribution in [0.1, 0.15) is 17.5 Å². The van der Waals surface area contributed by atoms with Crippen LogP contribution >= 0.6 is 0 Å². The van der Waals surface area contributed by atoms with Crippen molar-refractivity contribution in [3.8, 4) is 0 Å². The van der Waals surface area contributed by atoms with E-state index in [1.54, 1.807) is 36.4 Å². The molecule has 1 heterocycles. The van der Waals surface area contributed by atoms with Gasteiger partial charge < -0.3 is 11.1 Å². The van der Waals surface area contributed by atoms with E-state index in [2.05, 4.69) is 5.32 Å². The lowest BCUT2D eigenvalue weighted by Crippen LogP contribution is -2.36. The van der Waals surface area contributed by atoms with Gasteiger partial charge in [0.25, 0.3) is 5.91 Å². The van der Waals surface area contributed by atoms with Crippen LogP contribution in [0.2, 0.25) is 0 Å². The molecule has 2 aromatic carbocycles. The fourth-order valence-corrected chi connectivity index (χ4v) is 3.04. The summed E-state index contributed by atoms with van der Waals surface area (Å²) in [4.78, 5) is 36.9. The first-order valence-electron chi connectivity index (χ1n) is 8.65. The Morgan fingerprint density at radius 2 is 1.70 bits per heavy atom. The average Bonchev–Trinajstić information content (AvgIpc) is 2.89. The zero-order valence-corrected chi connectivity index (χ0v) is 14.7. The van der Waals surface area contributed by atoms with E-state index in [4.69, 9.17) is 5.73 Å². The number of carbonyl (C=O) groups is 3. The molecule has 6 nitrogen and oxygen atoms in total. The maximum atomic E-state index is 12.9. The van der Waals surface area contributed by atoms with E-state index >= 15 is 0 Å². The molecule has 27 heavy (non-hydrogen) atoms. The number of amides is 3. The molecule has 3 N–H and O–H groups in total. The van der Waals surface area contributed by atoms with Gasteiger partial charge in [0.05, 0.1) is 12.8 Å². The van der Waals surface area contributed by atoms with Gasteiger partial charge in [-0.05, 0) is 41.8 Å². The largest absolute Gasteiger partial charge is 0.373 e. The Morgan fingerprint density at radius 1 is 1.07 bits per heavy atom. The Labute approximate surface area is 156 Å². The Bertz CT molecular complexity index is 850. The van der Waals surface area contributed by atoms with Crippen molar-refractivity contribution in [2.45, 2.75) is 25.3 Å². The molecule has 1 aliphatic rings. The first-order valence-corrected chi connectivity index (χ1v) is 8.65. The summed E-state index contributed by atoms with van der Waals surface area (Å²) in [5.41, 5.74) is 7.49. The van der Waals surface area contributed by atoms with Crippen LogP contribution in [0.15, 0.2) is 48.5 Å². The van der Waals surface area contributed by atoms with E-state index in [-0.39, 0.29) is 37.0 Å². The number of hydrogen-bond donors (Lipinski definition) is 2. The molecule has 1 atom stereocenters. The van der Waals surface area contributed by atoms with Gasteiger partial charge in [0.1, 0.15) is 11.9 Å². The third-order valence-electron chi connectivity index (χ3n) is 4.45. The van der Waals surface area contributed by atoms with E-state index in [1.807, 2.05) is 0 Å². The Balaban J connectivity index is 1.58. The molecule has 0 spiro atoms. The third kappa shape index (κ3) is 4.69. The molecule has 1 aliphatic heterocycles. The number of anilines is 1. The van der Waals surface area contributed by atoms with Crippen molar-refractivity contribution < 1.29 is 18.8 Å². The molecule has 3 amide bonds. The molecule has 0 bridgehead atoms. The molecule has 2 aromatic rings. The number of nitrogens with zero attached hydrogens (tertiary/aromatic N) is 1. The van der Waals surface area contributed by atoms with Crippen molar-refractivity contribution in [1.29, 1.82) is 0 Å². The summed E-state index contributed by atoms with van der Waals surface area (Å²) in [6, 6.07) is 12.4. The van der Waals surface area contributed by atoms with Crippen molar-refractivity contribution in [1.82, 2.24) is 4.90 Å². The van der Waals surface area contributed by atoms with Crippen molar-refractivity contribution in [2.75, 3.05) is 11.9 Å². The summed E-state index contributed by atoms with van der Waals surface area (Å²) < 4.78 is 12.9. The molecule has 1 unspecified atom stereocenters. The number of rotatable bonds is 7. The maximum Gasteiger partial charge on any atom is 0.252 e. The molecule has 0 aromatic heterocycles. The highest BCUT2D eigenvalue weighted by atomic mass is 19.1. The van der Waals surface area contributed by atoms with Gasteiger partial charge in [0, 0.05) is 12.2 Å². The van der Waals surface area contributed by atoms with Gasteiger partial charge in [-0.1, -0.05) is 24.3 Å². The van der Waals surface area contributed by atoms with Crippen LogP contribution < -0.4 is 11.1 Å². The second kappa shape index (κ2) is 7.99. The summed E-state index contributed by atoms with van der Waals surface area (Å²) >= 11 is 0. The van der Waals surface area contributed by atoms with E-state index in [1.165, 1.54) is 17.0 Å². The average molecular weight is 369 g/mol. The number of likely N-dealkylation sites (tertiary alicyclic amines) is 1. The predicted octanol–water partition coefficient (Wildman–Crippen LogP) is 1.64. The second-order valence-corrected chi connectivity index (χ2v) is 6.50. The van der Waals surface area contributed by atoms with Crippen LogP contribution in [-0.4, -0.2) is 35.2 Å². The number of hydrogen-bond acceptors (Lipinski definition) is 4. The smallest absolute Gasteiger partial charge is 0.252 e. The first kappa shape index (κ1) is 18.6. The number of primary amides is 1. The fourth-order valence-electron chi connectivity index (χ4n) is 3.04. The standard InChI is InChI=1S/C20H20FN3O3/c21-15-5-1-13(2-6-15)9-10-24-19(26)12-17(20(24)27)23-16-7-3-14(4-8-16)11-18(22)25/h1-8,17,23H,9-12H2,(H2,22,25). The highest BCUT2D eigenvalue weighted by Gasteiger charge is 2.38. The minimum atomic E-state index is -0.618. The number of nitrogens with one attached hydrogen (secondary N) is 1. The van der Waals surface area contributed by atoms with Gasteiger partial charge in [0.15, 0.2) is 0 Å². The molecule has 0 saturated carbocycles. The van der Waals surface area contributed by atoms with Crippen LogP contribution in [0.4, 0.5) is 10.1 Å². The molecule has 0 aliphatic carbocycles. The van der Waals surface area contributed by atoms with E-state index in [0.29, 0.717) is 12.1 Å². The molecular formula is C20H20FN3O3. The summed E-state index contributed by atoms with van der Waals surface area (Å²) in [6.45, 7) is 0.263. The number of halogens is 1. The zero-order chi connectivity index (χ0) is 19.4. The van der Waals surface area contributed by atoms with Gasteiger partial charge in [-0.2, -0.15) is 0 Å². The lowest BCUT2D eigenvalue weighted by Gasteiger charge is -2.16. The SMILES string of the molecule is NC(=O)Cc1ccc(NC2CC(=O)N(CCc3ccc(F)cc3)C2=O)cc1. The van der Waals surface area contributed by atoms with Crippen LogP contribution in [-0.2, 0) is 27.2 Å². The molecule has 140 valence electrons. The van der Waals surface area contributed by atoms with Crippen LogP contribution in [0.3, 0.4) is 0 Å². The zero-order valence-electron chi connectivity index (χ0n) is 14.7. The molecule has 3 rings (SSSR count). The monoisotopic (exact) mass is 369 g/mol. The summed E-state index contributed by atoms with van der Waals surface area (Å²) in [5, 5.41) is 3.06.